The van der Waals surface area contributed by atoms with Crippen molar-refractivity contribution in [2.75, 3.05) is 19.7 Å². The largest absolute Gasteiger partial charge is 0.370 e. The highest BCUT2D eigenvalue weighted by atomic mass is 35.5. The van der Waals surface area contributed by atoms with Gasteiger partial charge in [0.1, 0.15) is 11.9 Å². The van der Waals surface area contributed by atoms with Crippen LogP contribution in [0, 0.1) is 23.6 Å². The number of halogens is 3. The standard InChI is InChI=1S/C18H22ClFN2O2.ClH/c19-13-8-10(3-4-14(13)20)15-9-22(5-6-24-15)18(23)16-11-1-2-12(7-11)17(16)21;/h3-4,8,11-12,15-17H,1-2,5-7,9,21H2;1H. The Morgan fingerprint density at radius 1 is 1.32 bits per heavy atom. The van der Waals surface area contributed by atoms with Gasteiger partial charge in [-0.2, -0.15) is 0 Å². The quantitative estimate of drug-likeness (QED) is 0.846. The Hall–Kier alpha value is -0.880. The van der Waals surface area contributed by atoms with Gasteiger partial charge in [-0.1, -0.05) is 17.7 Å². The highest BCUT2D eigenvalue weighted by molar-refractivity contribution is 6.30. The molecule has 1 aromatic rings. The van der Waals surface area contributed by atoms with E-state index in [0.717, 1.165) is 24.8 Å². The number of amides is 1. The Morgan fingerprint density at radius 3 is 2.76 bits per heavy atom. The van der Waals surface area contributed by atoms with E-state index in [0.29, 0.717) is 31.5 Å². The number of rotatable bonds is 2. The molecule has 2 bridgehead atoms. The van der Waals surface area contributed by atoms with Crippen LogP contribution in [-0.2, 0) is 9.53 Å². The normalized spacial score (nSPS) is 34.0. The van der Waals surface area contributed by atoms with E-state index in [2.05, 4.69) is 0 Å². The SMILES string of the molecule is Cl.NC1C2CCC(C2)C1C(=O)N1CCOC(c2ccc(F)c(Cl)c2)C1. The summed E-state index contributed by atoms with van der Waals surface area (Å²) in [6.45, 7) is 1.54. The number of hydrogen-bond donors (Lipinski definition) is 1. The molecular weight excluding hydrogens is 366 g/mol. The molecule has 0 aromatic heterocycles. The molecule has 2 saturated carbocycles. The highest BCUT2D eigenvalue weighted by Gasteiger charge is 2.50. The van der Waals surface area contributed by atoms with E-state index in [1.807, 2.05) is 4.90 Å². The van der Waals surface area contributed by atoms with E-state index in [-0.39, 0.29) is 41.4 Å². The van der Waals surface area contributed by atoms with Crippen molar-refractivity contribution in [2.24, 2.45) is 23.5 Å². The molecule has 5 unspecified atom stereocenters. The molecule has 3 aliphatic rings. The maximum Gasteiger partial charge on any atom is 0.227 e. The third kappa shape index (κ3) is 3.39. The zero-order valence-corrected chi connectivity index (χ0v) is 15.4. The Balaban J connectivity index is 0.00000182. The zero-order valence-electron chi connectivity index (χ0n) is 13.9. The van der Waals surface area contributed by atoms with Gasteiger partial charge in [0, 0.05) is 12.6 Å². The van der Waals surface area contributed by atoms with Crippen molar-refractivity contribution >= 4 is 29.9 Å². The molecule has 1 amide bonds. The van der Waals surface area contributed by atoms with Crippen molar-refractivity contribution < 1.29 is 13.9 Å². The molecular formula is C18H23Cl2FN2O2. The minimum Gasteiger partial charge on any atom is -0.370 e. The third-order valence-electron chi connectivity index (χ3n) is 5.96. The lowest BCUT2D eigenvalue weighted by Gasteiger charge is -2.37. The van der Waals surface area contributed by atoms with Gasteiger partial charge in [0.2, 0.25) is 5.91 Å². The van der Waals surface area contributed by atoms with Gasteiger partial charge in [-0.25, -0.2) is 4.39 Å². The van der Waals surface area contributed by atoms with Gasteiger partial charge in [0.15, 0.2) is 0 Å². The molecule has 5 atom stereocenters. The first-order valence-electron chi connectivity index (χ1n) is 8.65. The molecule has 7 heteroatoms. The maximum atomic E-state index is 13.4. The summed E-state index contributed by atoms with van der Waals surface area (Å²) in [5, 5.41) is 0.0784. The molecule has 4 rings (SSSR count). The smallest absolute Gasteiger partial charge is 0.227 e. The summed E-state index contributed by atoms with van der Waals surface area (Å²) >= 11 is 5.87. The number of fused-ring (bicyclic) bond motifs is 2. The van der Waals surface area contributed by atoms with Crippen molar-refractivity contribution in [3.8, 4) is 0 Å². The second kappa shape index (κ2) is 7.39. The fourth-order valence-corrected chi connectivity index (χ4v) is 4.87. The van der Waals surface area contributed by atoms with E-state index in [1.54, 1.807) is 12.1 Å². The first kappa shape index (κ1) is 18.9. The molecule has 0 spiro atoms. The Labute approximate surface area is 158 Å². The summed E-state index contributed by atoms with van der Waals surface area (Å²) in [6.07, 6.45) is 3.11. The monoisotopic (exact) mass is 388 g/mol. The molecule has 1 aliphatic heterocycles. The minimum atomic E-state index is -0.447. The summed E-state index contributed by atoms with van der Waals surface area (Å²) in [4.78, 5) is 14.9. The number of nitrogens with zero attached hydrogens (tertiary/aromatic N) is 1. The van der Waals surface area contributed by atoms with Crippen molar-refractivity contribution in [2.45, 2.75) is 31.4 Å². The predicted molar refractivity (Wildman–Crippen MR) is 96.2 cm³/mol. The van der Waals surface area contributed by atoms with E-state index >= 15 is 0 Å². The van der Waals surface area contributed by atoms with E-state index in [4.69, 9.17) is 22.1 Å². The first-order valence-corrected chi connectivity index (χ1v) is 9.03. The van der Waals surface area contributed by atoms with Gasteiger partial charge >= 0.3 is 0 Å². The fraction of sp³-hybridized carbons (Fsp3) is 0.611. The van der Waals surface area contributed by atoms with Crippen LogP contribution >= 0.6 is 24.0 Å². The summed E-state index contributed by atoms with van der Waals surface area (Å²) < 4.78 is 19.1. The van der Waals surface area contributed by atoms with Gasteiger partial charge in [-0.3, -0.25) is 4.79 Å². The maximum absolute atomic E-state index is 13.4. The molecule has 0 radical (unpaired) electrons. The van der Waals surface area contributed by atoms with E-state index < -0.39 is 5.82 Å². The fourth-order valence-electron chi connectivity index (χ4n) is 4.68. The Bertz CT molecular complexity index is 658. The lowest BCUT2D eigenvalue weighted by Crippen LogP contribution is -2.50. The van der Waals surface area contributed by atoms with Crippen molar-refractivity contribution in [1.82, 2.24) is 4.90 Å². The number of nitrogens with two attached hydrogens (primary N) is 1. The van der Waals surface area contributed by atoms with Gasteiger partial charge in [-0.05, 0) is 48.8 Å². The zero-order chi connectivity index (χ0) is 16.8. The van der Waals surface area contributed by atoms with Gasteiger partial charge in [0.25, 0.3) is 0 Å². The lowest BCUT2D eigenvalue weighted by molar-refractivity contribution is -0.145. The average Bonchev–Trinajstić information content (AvgIpc) is 3.18. The molecule has 3 fully saturated rings. The predicted octanol–water partition coefficient (Wildman–Crippen LogP) is 3.17. The van der Waals surface area contributed by atoms with Crippen LogP contribution in [0.15, 0.2) is 18.2 Å². The number of hydrogen-bond acceptors (Lipinski definition) is 3. The average molecular weight is 389 g/mol. The van der Waals surface area contributed by atoms with Crippen LogP contribution in [-0.4, -0.2) is 36.5 Å². The van der Waals surface area contributed by atoms with Crippen LogP contribution in [0.2, 0.25) is 5.02 Å². The third-order valence-corrected chi connectivity index (χ3v) is 6.25. The molecule has 1 aromatic carbocycles. The first-order chi connectivity index (χ1) is 11.5. The number of morpholine rings is 1. The summed E-state index contributed by atoms with van der Waals surface area (Å²) in [7, 11) is 0. The van der Waals surface area contributed by atoms with Crippen molar-refractivity contribution in [1.29, 1.82) is 0 Å². The van der Waals surface area contributed by atoms with Crippen LogP contribution < -0.4 is 5.73 Å². The van der Waals surface area contributed by atoms with Gasteiger partial charge in [0.05, 0.1) is 24.1 Å². The van der Waals surface area contributed by atoms with Crippen LogP contribution in [0.25, 0.3) is 0 Å². The van der Waals surface area contributed by atoms with Crippen LogP contribution in [0.5, 0.6) is 0 Å². The topological polar surface area (TPSA) is 55.6 Å². The summed E-state index contributed by atoms with van der Waals surface area (Å²) in [5.74, 6) is 0.628. The molecule has 1 saturated heterocycles. The van der Waals surface area contributed by atoms with Crippen molar-refractivity contribution in [3.63, 3.8) is 0 Å². The summed E-state index contributed by atoms with van der Waals surface area (Å²) in [5.41, 5.74) is 7.12. The van der Waals surface area contributed by atoms with Crippen LogP contribution in [0.4, 0.5) is 4.39 Å². The van der Waals surface area contributed by atoms with E-state index in [1.165, 1.54) is 6.07 Å². The summed E-state index contributed by atoms with van der Waals surface area (Å²) in [6, 6.07) is 4.59. The molecule has 4 nitrogen and oxygen atoms in total. The van der Waals surface area contributed by atoms with Crippen molar-refractivity contribution in [3.05, 3.63) is 34.6 Å². The molecule has 138 valence electrons. The highest BCUT2D eigenvalue weighted by Crippen LogP contribution is 2.48. The second-order valence-electron chi connectivity index (χ2n) is 7.25. The lowest BCUT2D eigenvalue weighted by atomic mass is 9.84. The molecule has 2 aliphatic carbocycles. The number of ether oxygens (including phenoxy) is 1. The van der Waals surface area contributed by atoms with Crippen LogP contribution in [0.1, 0.15) is 30.9 Å². The van der Waals surface area contributed by atoms with Gasteiger partial charge in [-0.15, -0.1) is 12.4 Å². The van der Waals surface area contributed by atoms with Gasteiger partial charge < -0.3 is 15.4 Å². The molecule has 1 heterocycles. The second-order valence-corrected chi connectivity index (χ2v) is 7.66. The van der Waals surface area contributed by atoms with E-state index in [9.17, 15) is 9.18 Å². The number of carbonyl (C=O) groups is 1. The number of benzene rings is 1. The Morgan fingerprint density at radius 2 is 2.08 bits per heavy atom. The Kier molecular flexibility index (Phi) is 5.59. The molecule has 2 N–H and O–H groups in total. The molecule has 25 heavy (non-hydrogen) atoms. The number of carbonyl (C=O) groups excluding carboxylic acids is 1. The van der Waals surface area contributed by atoms with Crippen LogP contribution in [0.3, 0.4) is 0 Å². The minimum absolute atomic E-state index is 0.